The molecule has 0 spiro atoms. The summed E-state index contributed by atoms with van der Waals surface area (Å²) in [6, 6.07) is 13.4. The number of amides is 2. The van der Waals surface area contributed by atoms with E-state index in [-0.39, 0.29) is 17.6 Å². The van der Waals surface area contributed by atoms with Crippen molar-refractivity contribution in [3.63, 3.8) is 0 Å². The van der Waals surface area contributed by atoms with E-state index in [9.17, 15) is 14.0 Å². The second-order valence-electron chi connectivity index (χ2n) is 6.73. The molecule has 0 aliphatic carbocycles. The van der Waals surface area contributed by atoms with Gasteiger partial charge in [-0.1, -0.05) is 18.2 Å². The summed E-state index contributed by atoms with van der Waals surface area (Å²) in [7, 11) is 0. The Hall–Kier alpha value is -2.89. The van der Waals surface area contributed by atoms with Crippen LogP contribution in [0.4, 0.5) is 15.8 Å². The number of nitrogens with zero attached hydrogens (tertiary/aromatic N) is 1. The van der Waals surface area contributed by atoms with Crippen LogP contribution in [0, 0.1) is 5.82 Å². The largest absolute Gasteiger partial charge is 0.374 e. The standard InChI is InChI=1S/C21H24FN3O2/c1-15(21(27)23-12-11-16-7-9-17(22)10-8-16)24-18-4-2-5-19(14-18)25-13-3-6-20(25)26/h2,4-5,7-10,14-15,24H,3,6,11-13H2,1H3,(H,23,27). The average molecular weight is 369 g/mol. The van der Waals surface area contributed by atoms with Gasteiger partial charge in [-0.3, -0.25) is 9.59 Å². The van der Waals surface area contributed by atoms with Gasteiger partial charge in [0.15, 0.2) is 0 Å². The highest BCUT2D eigenvalue weighted by Gasteiger charge is 2.22. The van der Waals surface area contributed by atoms with E-state index in [1.807, 2.05) is 24.3 Å². The Labute approximate surface area is 158 Å². The molecule has 0 aromatic heterocycles. The fourth-order valence-electron chi connectivity index (χ4n) is 3.13. The highest BCUT2D eigenvalue weighted by molar-refractivity contribution is 5.95. The van der Waals surface area contributed by atoms with E-state index < -0.39 is 6.04 Å². The van der Waals surface area contributed by atoms with E-state index >= 15 is 0 Å². The maximum atomic E-state index is 12.9. The monoisotopic (exact) mass is 369 g/mol. The molecule has 27 heavy (non-hydrogen) atoms. The van der Waals surface area contributed by atoms with Gasteiger partial charge < -0.3 is 15.5 Å². The first-order chi connectivity index (χ1) is 13.0. The van der Waals surface area contributed by atoms with Crippen LogP contribution >= 0.6 is 0 Å². The maximum absolute atomic E-state index is 12.9. The fourth-order valence-corrected chi connectivity index (χ4v) is 3.13. The SMILES string of the molecule is CC(Nc1cccc(N2CCCC2=O)c1)C(=O)NCCc1ccc(F)cc1. The molecule has 2 aromatic rings. The first-order valence-corrected chi connectivity index (χ1v) is 9.22. The second kappa shape index (κ2) is 8.66. The van der Waals surface area contributed by atoms with Crippen molar-refractivity contribution < 1.29 is 14.0 Å². The van der Waals surface area contributed by atoms with Crippen LogP contribution in [-0.4, -0.2) is 30.9 Å². The van der Waals surface area contributed by atoms with Crippen LogP contribution in [0.15, 0.2) is 48.5 Å². The van der Waals surface area contributed by atoms with Gasteiger partial charge in [-0.25, -0.2) is 4.39 Å². The normalized spacial score (nSPS) is 14.9. The summed E-state index contributed by atoms with van der Waals surface area (Å²) >= 11 is 0. The van der Waals surface area contributed by atoms with Crippen molar-refractivity contribution in [3.8, 4) is 0 Å². The third-order valence-electron chi connectivity index (χ3n) is 4.63. The number of hydrogen-bond donors (Lipinski definition) is 2. The maximum Gasteiger partial charge on any atom is 0.242 e. The Morgan fingerprint density at radius 3 is 2.70 bits per heavy atom. The molecule has 142 valence electrons. The topological polar surface area (TPSA) is 61.4 Å². The van der Waals surface area contributed by atoms with Gasteiger partial charge in [-0.05, 0) is 55.7 Å². The Balaban J connectivity index is 1.50. The molecule has 0 radical (unpaired) electrons. The number of carbonyl (C=O) groups excluding carboxylic acids is 2. The van der Waals surface area contributed by atoms with Crippen LogP contribution in [0.5, 0.6) is 0 Å². The van der Waals surface area contributed by atoms with Crippen LogP contribution < -0.4 is 15.5 Å². The van der Waals surface area contributed by atoms with Crippen molar-refractivity contribution in [2.24, 2.45) is 0 Å². The van der Waals surface area contributed by atoms with Crippen molar-refractivity contribution >= 4 is 23.2 Å². The molecule has 1 saturated heterocycles. The van der Waals surface area contributed by atoms with Crippen LogP contribution in [0.25, 0.3) is 0 Å². The fraction of sp³-hybridized carbons (Fsp3) is 0.333. The van der Waals surface area contributed by atoms with Gasteiger partial charge in [-0.15, -0.1) is 0 Å². The molecular weight excluding hydrogens is 345 g/mol. The number of halogens is 1. The molecule has 0 bridgehead atoms. The molecule has 1 unspecified atom stereocenters. The van der Waals surface area contributed by atoms with E-state index in [2.05, 4.69) is 10.6 Å². The summed E-state index contributed by atoms with van der Waals surface area (Å²) in [5.74, 6) is -0.239. The second-order valence-corrected chi connectivity index (χ2v) is 6.73. The Morgan fingerprint density at radius 2 is 2.00 bits per heavy atom. The number of anilines is 2. The van der Waals surface area contributed by atoms with Crippen molar-refractivity contribution in [1.82, 2.24) is 5.32 Å². The van der Waals surface area contributed by atoms with Crippen LogP contribution in [0.1, 0.15) is 25.3 Å². The van der Waals surface area contributed by atoms with Gasteiger partial charge >= 0.3 is 0 Å². The predicted octanol–water partition coefficient (Wildman–Crippen LogP) is 3.11. The van der Waals surface area contributed by atoms with Crippen molar-refractivity contribution in [2.45, 2.75) is 32.2 Å². The number of carbonyl (C=O) groups is 2. The molecule has 1 aliphatic rings. The molecular formula is C21H24FN3O2. The lowest BCUT2D eigenvalue weighted by molar-refractivity contribution is -0.121. The van der Waals surface area contributed by atoms with Gasteiger partial charge in [0.25, 0.3) is 0 Å². The third kappa shape index (κ3) is 5.06. The smallest absolute Gasteiger partial charge is 0.242 e. The first-order valence-electron chi connectivity index (χ1n) is 9.22. The third-order valence-corrected chi connectivity index (χ3v) is 4.63. The summed E-state index contributed by atoms with van der Waals surface area (Å²) in [4.78, 5) is 26.0. The predicted molar refractivity (Wildman–Crippen MR) is 104 cm³/mol. The van der Waals surface area contributed by atoms with Crippen molar-refractivity contribution in [3.05, 3.63) is 59.9 Å². The quantitative estimate of drug-likeness (QED) is 0.788. The zero-order valence-corrected chi connectivity index (χ0v) is 15.4. The minimum atomic E-state index is -0.414. The average Bonchev–Trinajstić information content (AvgIpc) is 3.09. The molecule has 6 heteroatoms. The number of rotatable bonds is 7. The van der Waals surface area contributed by atoms with E-state index in [0.717, 1.165) is 29.9 Å². The van der Waals surface area contributed by atoms with Gasteiger partial charge in [-0.2, -0.15) is 0 Å². The number of benzene rings is 2. The van der Waals surface area contributed by atoms with Crippen molar-refractivity contribution in [1.29, 1.82) is 0 Å². The lowest BCUT2D eigenvalue weighted by atomic mass is 10.1. The van der Waals surface area contributed by atoms with E-state index in [1.54, 1.807) is 24.0 Å². The van der Waals surface area contributed by atoms with Gasteiger partial charge in [0.05, 0.1) is 0 Å². The zero-order valence-electron chi connectivity index (χ0n) is 15.4. The molecule has 3 rings (SSSR count). The summed E-state index contributed by atoms with van der Waals surface area (Å²) in [6.07, 6.45) is 2.11. The van der Waals surface area contributed by atoms with E-state index in [0.29, 0.717) is 19.4 Å². The van der Waals surface area contributed by atoms with Gasteiger partial charge in [0.2, 0.25) is 11.8 Å². The minimum Gasteiger partial charge on any atom is -0.374 e. The summed E-state index contributed by atoms with van der Waals surface area (Å²) in [5.41, 5.74) is 2.63. The minimum absolute atomic E-state index is 0.111. The summed E-state index contributed by atoms with van der Waals surface area (Å²) in [6.45, 7) is 3.02. The number of nitrogens with one attached hydrogen (secondary N) is 2. The van der Waals surface area contributed by atoms with Crippen molar-refractivity contribution in [2.75, 3.05) is 23.3 Å². The summed E-state index contributed by atoms with van der Waals surface area (Å²) < 4.78 is 12.9. The zero-order chi connectivity index (χ0) is 19.2. The Morgan fingerprint density at radius 1 is 1.22 bits per heavy atom. The lowest BCUT2D eigenvalue weighted by Crippen LogP contribution is -2.38. The molecule has 1 fully saturated rings. The van der Waals surface area contributed by atoms with Gasteiger partial charge in [0, 0.05) is 30.9 Å². The molecule has 1 atom stereocenters. The van der Waals surface area contributed by atoms with Crippen LogP contribution in [0.2, 0.25) is 0 Å². The van der Waals surface area contributed by atoms with E-state index in [1.165, 1.54) is 12.1 Å². The summed E-state index contributed by atoms with van der Waals surface area (Å²) in [5, 5.41) is 6.06. The molecule has 2 N–H and O–H groups in total. The van der Waals surface area contributed by atoms with Crippen LogP contribution in [0.3, 0.4) is 0 Å². The van der Waals surface area contributed by atoms with Crippen LogP contribution in [-0.2, 0) is 16.0 Å². The molecule has 5 nitrogen and oxygen atoms in total. The molecule has 1 aliphatic heterocycles. The highest BCUT2D eigenvalue weighted by atomic mass is 19.1. The molecule has 2 amide bonds. The Bertz CT molecular complexity index is 807. The van der Waals surface area contributed by atoms with Gasteiger partial charge in [0.1, 0.15) is 11.9 Å². The Kier molecular flexibility index (Phi) is 6.06. The highest BCUT2D eigenvalue weighted by Crippen LogP contribution is 2.24. The lowest BCUT2D eigenvalue weighted by Gasteiger charge is -2.19. The first kappa shape index (κ1) is 18.9. The molecule has 0 saturated carbocycles. The molecule has 2 aromatic carbocycles. The van der Waals surface area contributed by atoms with E-state index in [4.69, 9.17) is 0 Å². The molecule has 1 heterocycles. The number of hydrogen-bond acceptors (Lipinski definition) is 3.